The molecule has 1 aromatic carbocycles. The highest BCUT2D eigenvalue weighted by atomic mass is 32.1. The SMILES string of the molecule is [Si]COC(=S)c1ccccc1. The number of hydrogen-bond donors (Lipinski definition) is 0. The Bertz CT molecular complexity index is 235. The molecule has 0 saturated heterocycles. The van der Waals surface area contributed by atoms with Gasteiger partial charge >= 0.3 is 0 Å². The minimum absolute atomic E-state index is 0.438. The number of ether oxygens (including phenoxy) is 1. The fraction of sp³-hybridized carbons (Fsp3) is 0.125. The predicted octanol–water partition coefficient (Wildman–Crippen LogP) is 1.50. The molecule has 0 fully saturated rings. The Balaban J connectivity index is 2.69. The van der Waals surface area contributed by atoms with E-state index in [1.54, 1.807) is 0 Å². The molecule has 1 nitrogen and oxygen atoms in total. The molecule has 1 rings (SSSR count). The Labute approximate surface area is 74.8 Å². The average molecular weight is 179 g/mol. The van der Waals surface area contributed by atoms with E-state index in [9.17, 15) is 0 Å². The maximum Gasteiger partial charge on any atom is 0.190 e. The lowest BCUT2D eigenvalue weighted by molar-refractivity contribution is 0.387. The van der Waals surface area contributed by atoms with Crippen molar-refractivity contribution in [3.05, 3.63) is 35.9 Å². The van der Waals surface area contributed by atoms with Crippen LogP contribution in [0.15, 0.2) is 30.3 Å². The summed E-state index contributed by atoms with van der Waals surface area (Å²) >= 11 is 4.97. The van der Waals surface area contributed by atoms with Crippen LogP contribution in [0.25, 0.3) is 0 Å². The molecule has 0 aliphatic rings. The number of hydrogen-bond acceptors (Lipinski definition) is 2. The standard InChI is InChI=1S/C8H7OSSi/c10-8(9-6-11)7-4-2-1-3-5-7/h1-5H,6H2. The van der Waals surface area contributed by atoms with Crippen LogP contribution in [0.1, 0.15) is 5.56 Å². The third kappa shape index (κ3) is 2.44. The molecule has 0 bridgehead atoms. The Hall–Kier alpha value is -0.673. The minimum Gasteiger partial charge on any atom is -0.488 e. The van der Waals surface area contributed by atoms with Gasteiger partial charge in [0.2, 0.25) is 0 Å². The van der Waals surface area contributed by atoms with Gasteiger partial charge in [-0.25, -0.2) is 0 Å². The van der Waals surface area contributed by atoms with Gasteiger partial charge < -0.3 is 4.74 Å². The normalized spacial score (nSPS) is 9.18. The zero-order chi connectivity index (χ0) is 8.10. The summed E-state index contributed by atoms with van der Waals surface area (Å²) in [7, 11) is 3.18. The van der Waals surface area contributed by atoms with Crippen molar-refractivity contribution in [3.8, 4) is 0 Å². The van der Waals surface area contributed by atoms with Gasteiger partial charge in [-0.2, -0.15) is 0 Å². The van der Waals surface area contributed by atoms with E-state index >= 15 is 0 Å². The minimum atomic E-state index is 0.438. The van der Waals surface area contributed by atoms with Gasteiger partial charge in [-0.05, 0) is 12.2 Å². The summed E-state index contributed by atoms with van der Waals surface area (Å²) in [6, 6.07) is 9.64. The van der Waals surface area contributed by atoms with Gasteiger partial charge in [0, 0.05) is 5.56 Å². The van der Waals surface area contributed by atoms with E-state index in [0.29, 0.717) is 11.3 Å². The van der Waals surface area contributed by atoms with Crippen molar-refractivity contribution in [1.29, 1.82) is 0 Å². The largest absolute Gasteiger partial charge is 0.488 e. The summed E-state index contributed by atoms with van der Waals surface area (Å²) in [6.07, 6.45) is 0.438. The van der Waals surface area contributed by atoms with Gasteiger partial charge in [-0.1, -0.05) is 30.3 Å². The first-order chi connectivity index (χ1) is 5.34. The zero-order valence-corrected chi connectivity index (χ0v) is 7.73. The average Bonchev–Trinajstić information content (AvgIpc) is 2.07. The van der Waals surface area contributed by atoms with Crippen LogP contribution >= 0.6 is 12.2 Å². The van der Waals surface area contributed by atoms with E-state index in [1.807, 2.05) is 30.3 Å². The van der Waals surface area contributed by atoms with Gasteiger partial charge in [0.1, 0.15) is 0 Å². The smallest absolute Gasteiger partial charge is 0.190 e. The van der Waals surface area contributed by atoms with Gasteiger partial charge in [-0.15, -0.1) is 0 Å². The van der Waals surface area contributed by atoms with Crippen LogP contribution in [0.4, 0.5) is 0 Å². The van der Waals surface area contributed by atoms with Gasteiger partial charge in [0.25, 0.3) is 0 Å². The van der Waals surface area contributed by atoms with Crippen molar-refractivity contribution >= 4 is 27.5 Å². The van der Waals surface area contributed by atoms with E-state index in [4.69, 9.17) is 17.0 Å². The fourth-order valence-corrected chi connectivity index (χ4v) is 1.17. The van der Waals surface area contributed by atoms with Gasteiger partial charge in [-0.3, -0.25) is 0 Å². The van der Waals surface area contributed by atoms with E-state index in [0.717, 1.165) is 5.56 Å². The van der Waals surface area contributed by atoms with Gasteiger partial charge in [0.05, 0.1) is 16.5 Å². The predicted molar refractivity (Wildman–Crippen MR) is 49.8 cm³/mol. The van der Waals surface area contributed by atoms with Crippen molar-refractivity contribution in [3.63, 3.8) is 0 Å². The Morgan fingerprint density at radius 3 is 2.55 bits per heavy atom. The topological polar surface area (TPSA) is 9.23 Å². The molecule has 3 heteroatoms. The molecule has 0 unspecified atom stereocenters. The summed E-state index contributed by atoms with van der Waals surface area (Å²) in [5.74, 6) is 0. The van der Waals surface area contributed by atoms with Crippen LogP contribution in [0.2, 0.25) is 0 Å². The second-order valence-corrected chi connectivity index (χ2v) is 2.60. The van der Waals surface area contributed by atoms with E-state index in [-0.39, 0.29) is 0 Å². The lowest BCUT2D eigenvalue weighted by Crippen LogP contribution is -2.03. The second-order valence-electron chi connectivity index (χ2n) is 1.94. The Kier molecular flexibility index (Phi) is 3.26. The molecule has 3 radical (unpaired) electrons. The van der Waals surface area contributed by atoms with Crippen molar-refractivity contribution in [2.75, 3.05) is 6.23 Å². The van der Waals surface area contributed by atoms with Crippen molar-refractivity contribution in [2.24, 2.45) is 0 Å². The number of rotatable bonds is 2. The van der Waals surface area contributed by atoms with E-state index in [1.165, 1.54) is 0 Å². The third-order valence-electron chi connectivity index (χ3n) is 1.21. The molecule has 0 N–H and O–H groups in total. The quantitative estimate of drug-likeness (QED) is 0.502. The van der Waals surface area contributed by atoms with Gasteiger partial charge in [0.15, 0.2) is 5.05 Å². The molecule has 0 saturated carbocycles. The molecule has 0 aromatic heterocycles. The molecule has 11 heavy (non-hydrogen) atoms. The van der Waals surface area contributed by atoms with Crippen LogP contribution in [0, 0.1) is 0 Å². The highest BCUT2D eigenvalue weighted by Crippen LogP contribution is 2.01. The van der Waals surface area contributed by atoms with Crippen molar-refractivity contribution in [1.82, 2.24) is 0 Å². The van der Waals surface area contributed by atoms with Crippen LogP contribution < -0.4 is 0 Å². The molecule has 0 aliphatic carbocycles. The molecule has 0 heterocycles. The summed E-state index contributed by atoms with van der Waals surface area (Å²) in [5, 5.41) is 0.528. The molecule has 0 atom stereocenters. The molecule has 0 amide bonds. The summed E-state index contributed by atoms with van der Waals surface area (Å²) in [4.78, 5) is 0. The first-order valence-electron chi connectivity index (χ1n) is 3.21. The fourth-order valence-electron chi connectivity index (χ4n) is 0.723. The highest BCUT2D eigenvalue weighted by molar-refractivity contribution is 7.80. The van der Waals surface area contributed by atoms with Crippen LogP contribution in [0.5, 0.6) is 0 Å². The first-order valence-corrected chi connectivity index (χ1v) is 4.33. The molecule has 1 aromatic rings. The van der Waals surface area contributed by atoms with Crippen molar-refractivity contribution in [2.45, 2.75) is 0 Å². The Morgan fingerprint density at radius 2 is 2.00 bits per heavy atom. The first kappa shape index (κ1) is 8.42. The van der Waals surface area contributed by atoms with Crippen molar-refractivity contribution < 1.29 is 4.74 Å². The maximum atomic E-state index is 5.07. The Morgan fingerprint density at radius 1 is 1.36 bits per heavy atom. The lowest BCUT2D eigenvalue weighted by atomic mass is 10.2. The van der Waals surface area contributed by atoms with E-state index < -0.39 is 0 Å². The number of benzene rings is 1. The molecule has 0 spiro atoms. The molecule has 0 aliphatic heterocycles. The molecular weight excluding hydrogens is 172 g/mol. The lowest BCUT2D eigenvalue weighted by Gasteiger charge is -2.02. The molecular formula is C8H7OSSi. The van der Waals surface area contributed by atoms with Crippen LogP contribution in [-0.2, 0) is 4.74 Å². The monoisotopic (exact) mass is 179 g/mol. The van der Waals surface area contributed by atoms with E-state index in [2.05, 4.69) is 10.2 Å². The highest BCUT2D eigenvalue weighted by Gasteiger charge is 1.97. The third-order valence-corrected chi connectivity index (χ3v) is 1.71. The summed E-state index contributed by atoms with van der Waals surface area (Å²) in [5.41, 5.74) is 0.945. The summed E-state index contributed by atoms with van der Waals surface area (Å²) in [6.45, 7) is 0. The molecule has 55 valence electrons. The van der Waals surface area contributed by atoms with Crippen LogP contribution in [-0.4, -0.2) is 21.5 Å². The maximum absolute atomic E-state index is 5.07. The summed E-state index contributed by atoms with van der Waals surface area (Å²) < 4.78 is 5.07. The number of thiocarbonyl (C=S) groups is 1. The zero-order valence-electron chi connectivity index (χ0n) is 5.91. The second kappa shape index (κ2) is 4.26. The van der Waals surface area contributed by atoms with Crippen LogP contribution in [0.3, 0.4) is 0 Å².